The van der Waals surface area contributed by atoms with Gasteiger partial charge in [-0.3, -0.25) is 4.98 Å². The highest BCUT2D eigenvalue weighted by Crippen LogP contribution is 2.09. The van der Waals surface area contributed by atoms with Crippen molar-refractivity contribution in [1.82, 2.24) is 10.3 Å². The second-order valence-electron chi connectivity index (χ2n) is 3.44. The van der Waals surface area contributed by atoms with Gasteiger partial charge in [-0.25, -0.2) is 0 Å². The van der Waals surface area contributed by atoms with Crippen molar-refractivity contribution in [3.8, 4) is 0 Å². The number of furan rings is 1. The van der Waals surface area contributed by atoms with E-state index in [1.807, 2.05) is 30.3 Å². The molecule has 3 nitrogen and oxygen atoms in total. The van der Waals surface area contributed by atoms with E-state index < -0.39 is 0 Å². The largest absolute Gasteiger partial charge is 0.468 e. The van der Waals surface area contributed by atoms with Crippen LogP contribution in [0.2, 0.25) is 0 Å². The molecule has 0 aliphatic heterocycles. The van der Waals surface area contributed by atoms with E-state index in [2.05, 4.69) is 17.2 Å². The maximum absolute atomic E-state index is 5.24. The Morgan fingerprint density at radius 2 is 2.27 bits per heavy atom. The van der Waals surface area contributed by atoms with Crippen LogP contribution in [-0.2, 0) is 6.54 Å². The van der Waals surface area contributed by atoms with Crippen LogP contribution >= 0.6 is 0 Å². The molecule has 78 valence electrons. The van der Waals surface area contributed by atoms with Gasteiger partial charge in [-0.2, -0.15) is 0 Å². The molecule has 0 amide bonds. The second kappa shape index (κ2) is 4.75. The molecule has 2 rings (SSSR count). The van der Waals surface area contributed by atoms with Gasteiger partial charge in [0, 0.05) is 12.2 Å². The summed E-state index contributed by atoms with van der Waals surface area (Å²) in [6, 6.07) is 10.0. The molecule has 1 N–H and O–H groups in total. The number of hydrogen-bond donors (Lipinski definition) is 1. The first-order valence-corrected chi connectivity index (χ1v) is 5.03. The number of nitrogens with one attached hydrogen (secondary N) is 1. The molecular formula is C12H14N2O. The first-order valence-electron chi connectivity index (χ1n) is 5.03. The fourth-order valence-electron chi connectivity index (χ4n) is 1.40. The van der Waals surface area contributed by atoms with Crippen molar-refractivity contribution in [3.05, 3.63) is 54.2 Å². The standard InChI is InChI=1S/C12H14N2O/c1-10(12-6-2-3-7-13-12)14-9-11-5-4-8-15-11/h2-8,10,14H,9H2,1H3/t10-/m1/s1. The first-order chi connectivity index (χ1) is 7.36. The lowest BCUT2D eigenvalue weighted by Gasteiger charge is -2.11. The monoisotopic (exact) mass is 202 g/mol. The molecule has 0 spiro atoms. The van der Waals surface area contributed by atoms with Gasteiger partial charge in [0.2, 0.25) is 0 Å². The minimum absolute atomic E-state index is 0.233. The maximum atomic E-state index is 5.24. The summed E-state index contributed by atoms with van der Waals surface area (Å²) in [5.74, 6) is 0.942. The van der Waals surface area contributed by atoms with E-state index in [1.54, 1.807) is 12.5 Å². The van der Waals surface area contributed by atoms with E-state index in [0.717, 1.165) is 18.0 Å². The smallest absolute Gasteiger partial charge is 0.117 e. The lowest BCUT2D eigenvalue weighted by Crippen LogP contribution is -2.18. The minimum Gasteiger partial charge on any atom is -0.468 e. The van der Waals surface area contributed by atoms with Crippen LogP contribution in [-0.4, -0.2) is 4.98 Å². The van der Waals surface area contributed by atoms with Crippen LogP contribution in [0.1, 0.15) is 24.4 Å². The Morgan fingerprint density at radius 3 is 2.93 bits per heavy atom. The molecule has 0 radical (unpaired) electrons. The molecule has 0 bridgehead atoms. The van der Waals surface area contributed by atoms with E-state index in [4.69, 9.17) is 4.42 Å². The molecule has 2 aromatic rings. The predicted molar refractivity (Wildman–Crippen MR) is 58.2 cm³/mol. The SMILES string of the molecule is C[C@@H](NCc1ccco1)c1ccccn1. The molecule has 0 unspecified atom stereocenters. The summed E-state index contributed by atoms with van der Waals surface area (Å²) in [5, 5.41) is 3.35. The molecule has 2 heterocycles. The Balaban J connectivity index is 1.90. The van der Waals surface area contributed by atoms with Crippen LogP contribution in [0.3, 0.4) is 0 Å². The zero-order chi connectivity index (χ0) is 10.5. The number of aromatic nitrogens is 1. The zero-order valence-electron chi connectivity index (χ0n) is 8.68. The minimum atomic E-state index is 0.233. The summed E-state index contributed by atoms with van der Waals surface area (Å²) in [6.07, 6.45) is 3.49. The Morgan fingerprint density at radius 1 is 1.33 bits per heavy atom. The van der Waals surface area contributed by atoms with Gasteiger partial charge in [-0.05, 0) is 31.2 Å². The number of nitrogens with zero attached hydrogens (tertiary/aromatic N) is 1. The van der Waals surface area contributed by atoms with Crippen molar-refractivity contribution in [2.75, 3.05) is 0 Å². The van der Waals surface area contributed by atoms with Gasteiger partial charge in [-0.15, -0.1) is 0 Å². The van der Waals surface area contributed by atoms with Crippen molar-refractivity contribution in [3.63, 3.8) is 0 Å². The molecule has 0 saturated carbocycles. The zero-order valence-corrected chi connectivity index (χ0v) is 8.68. The van der Waals surface area contributed by atoms with Crippen molar-refractivity contribution in [2.45, 2.75) is 19.5 Å². The summed E-state index contributed by atoms with van der Waals surface area (Å²) in [5.41, 5.74) is 1.05. The number of rotatable bonds is 4. The van der Waals surface area contributed by atoms with Crippen LogP contribution in [0.4, 0.5) is 0 Å². The third kappa shape index (κ3) is 2.67. The van der Waals surface area contributed by atoms with Gasteiger partial charge in [0.15, 0.2) is 0 Å². The van der Waals surface area contributed by atoms with Crippen LogP contribution in [0.15, 0.2) is 47.2 Å². The normalized spacial score (nSPS) is 12.6. The predicted octanol–water partition coefficient (Wildman–Crippen LogP) is 2.53. The number of pyridine rings is 1. The van der Waals surface area contributed by atoms with Crippen LogP contribution in [0.25, 0.3) is 0 Å². The molecule has 1 atom stereocenters. The van der Waals surface area contributed by atoms with Gasteiger partial charge in [0.05, 0.1) is 18.5 Å². The van der Waals surface area contributed by atoms with Gasteiger partial charge in [-0.1, -0.05) is 6.07 Å². The fourth-order valence-corrected chi connectivity index (χ4v) is 1.40. The van der Waals surface area contributed by atoms with Crippen LogP contribution < -0.4 is 5.32 Å². The fraction of sp³-hybridized carbons (Fsp3) is 0.250. The third-order valence-electron chi connectivity index (χ3n) is 2.29. The molecule has 15 heavy (non-hydrogen) atoms. The second-order valence-corrected chi connectivity index (χ2v) is 3.44. The quantitative estimate of drug-likeness (QED) is 0.827. The Labute approximate surface area is 89.1 Å². The molecular weight excluding hydrogens is 188 g/mol. The van der Waals surface area contributed by atoms with Crippen molar-refractivity contribution in [2.24, 2.45) is 0 Å². The Kier molecular flexibility index (Phi) is 3.15. The Hall–Kier alpha value is -1.61. The Bertz CT molecular complexity index is 383. The molecule has 0 aliphatic rings. The molecule has 3 heteroatoms. The summed E-state index contributed by atoms with van der Waals surface area (Å²) in [4.78, 5) is 4.29. The average Bonchev–Trinajstić information content (AvgIpc) is 2.80. The van der Waals surface area contributed by atoms with Gasteiger partial charge < -0.3 is 9.73 Å². The summed E-state index contributed by atoms with van der Waals surface area (Å²) in [6.45, 7) is 2.82. The van der Waals surface area contributed by atoms with E-state index in [0.29, 0.717) is 0 Å². The molecule has 0 saturated heterocycles. The van der Waals surface area contributed by atoms with Crippen LogP contribution in [0, 0.1) is 0 Å². The van der Waals surface area contributed by atoms with E-state index in [1.165, 1.54) is 0 Å². The molecule has 0 aliphatic carbocycles. The molecule has 2 aromatic heterocycles. The highest BCUT2D eigenvalue weighted by molar-refractivity contribution is 5.08. The van der Waals surface area contributed by atoms with E-state index in [-0.39, 0.29) is 6.04 Å². The van der Waals surface area contributed by atoms with Gasteiger partial charge >= 0.3 is 0 Å². The van der Waals surface area contributed by atoms with Crippen molar-refractivity contribution < 1.29 is 4.42 Å². The van der Waals surface area contributed by atoms with Crippen LogP contribution in [0.5, 0.6) is 0 Å². The topological polar surface area (TPSA) is 38.1 Å². The highest BCUT2D eigenvalue weighted by Gasteiger charge is 2.05. The van der Waals surface area contributed by atoms with Gasteiger partial charge in [0.25, 0.3) is 0 Å². The number of hydrogen-bond acceptors (Lipinski definition) is 3. The highest BCUT2D eigenvalue weighted by atomic mass is 16.3. The van der Waals surface area contributed by atoms with E-state index >= 15 is 0 Å². The summed E-state index contributed by atoms with van der Waals surface area (Å²) in [7, 11) is 0. The summed E-state index contributed by atoms with van der Waals surface area (Å²) >= 11 is 0. The van der Waals surface area contributed by atoms with Crippen molar-refractivity contribution >= 4 is 0 Å². The summed E-state index contributed by atoms with van der Waals surface area (Å²) < 4.78 is 5.24. The first kappa shape index (κ1) is 9.93. The van der Waals surface area contributed by atoms with Gasteiger partial charge in [0.1, 0.15) is 5.76 Å². The molecule has 0 aromatic carbocycles. The molecule has 0 fully saturated rings. The maximum Gasteiger partial charge on any atom is 0.117 e. The average molecular weight is 202 g/mol. The lowest BCUT2D eigenvalue weighted by atomic mass is 10.2. The van der Waals surface area contributed by atoms with Crippen molar-refractivity contribution in [1.29, 1.82) is 0 Å². The van der Waals surface area contributed by atoms with E-state index in [9.17, 15) is 0 Å². The third-order valence-corrected chi connectivity index (χ3v) is 2.29. The lowest BCUT2D eigenvalue weighted by molar-refractivity contribution is 0.457.